The molecule has 1 amide bonds. The molecule has 19 heavy (non-hydrogen) atoms. The Morgan fingerprint density at radius 1 is 1.47 bits per heavy atom. The van der Waals surface area contributed by atoms with Gasteiger partial charge in [0.2, 0.25) is 5.91 Å². The highest BCUT2D eigenvalue weighted by Crippen LogP contribution is 2.12. The van der Waals surface area contributed by atoms with Crippen LogP contribution in [0, 0.1) is 0 Å². The molecule has 0 aliphatic carbocycles. The van der Waals surface area contributed by atoms with E-state index in [1.165, 1.54) is 0 Å². The van der Waals surface area contributed by atoms with Gasteiger partial charge >= 0.3 is 0 Å². The lowest BCUT2D eigenvalue weighted by atomic mass is 10.4. The maximum absolute atomic E-state index is 11.4. The molecule has 0 unspecified atom stereocenters. The number of anilines is 1. The number of halogens is 1. The molecule has 0 aromatic carbocycles. The average molecular weight is 287 g/mol. The van der Waals surface area contributed by atoms with Crippen LogP contribution in [0.2, 0.25) is 5.15 Å². The molecule has 1 aromatic heterocycles. The van der Waals surface area contributed by atoms with Crippen LogP contribution in [0.5, 0.6) is 0 Å². The van der Waals surface area contributed by atoms with Crippen molar-refractivity contribution in [3.63, 3.8) is 0 Å². The minimum Gasteiger partial charge on any atom is -0.374 e. The Kier molecular flexibility index (Phi) is 6.52. The Balaban J connectivity index is 2.53. The summed E-state index contributed by atoms with van der Waals surface area (Å²) in [7, 11) is 3.45. The molecule has 0 aliphatic heterocycles. The van der Waals surface area contributed by atoms with Gasteiger partial charge in [0.1, 0.15) is 17.6 Å². The van der Waals surface area contributed by atoms with Crippen LogP contribution < -0.4 is 5.32 Å². The second-order valence-electron chi connectivity index (χ2n) is 4.09. The highest BCUT2D eigenvalue weighted by molar-refractivity contribution is 6.29. The van der Waals surface area contributed by atoms with Crippen molar-refractivity contribution in [2.24, 2.45) is 0 Å². The fraction of sp³-hybridized carbons (Fsp3) is 0.583. The zero-order valence-electron chi connectivity index (χ0n) is 11.4. The molecule has 0 radical (unpaired) electrons. The molecule has 0 bridgehead atoms. The van der Waals surface area contributed by atoms with Crippen molar-refractivity contribution in [1.29, 1.82) is 0 Å². The van der Waals surface area contributed by atoms with E-state index in [-0.39, 0.29) is 5.91 Å². The lowest BCUT2D eigenvalue weighted by molar-refractivity contribution is -0.128. The summed E-state index contributed by atoms with van der Waals surface area (Å²) in [6.07, 6.45) is 0.398. The van der Waals surface area contributed by atoms with Gasteiger partial charge in [0, 0.05) is 39.7 Å². The molecule has 0 aliphatic rings. The van der Waals surface area contributed by atoms with Crippen LogP contribution in [0.15, 0.2) is 6.07 Å². The summed E-state index contributed by atoms with van der Waals surface area (Å²) in [5, 5.41) is 3.40. The number of aromatic nitrogens is 2. The second-order valence-corrected chi connectivity index (χ2v) is 4.48. The Labute approximate surface area is 118 Å². The third kappa shape index (κ3) is 5.85. The van der Waals surface area contributed by atoms with E-state index in [1.807, 2.05) is 6.92 Å². The molecule has 106 valence electrons. The fourth-order valence-corrected chi connectivity index (χ4v) is 1.54. The van der Waals surface area contributed by atoms with Crippen molar-refractivity contribution in [2.75, 3.05) is 32.6 Å². The summed E-state index contributed by atoms with van der Waals surface area (Å²) < 4.78 is 5.23. The summed E-state index contributed by atoms with van der Waals surface area (Å²) in [5.41, 5.74) is 0. The van der Waals surface area contributed by atoms with Crippen molar-refractivity contribution in [3.8, 4) is 0 Å². The van der Waals surface area contributed by atoms with Crippen LogP contribution in [0.1, 0.15) is 19.2 Å². The first-order valence-electron chi connectivity index (χ1n) is 6.08. The van der Waals surface area contributed by atoms with Crippen LogP contribution in [0.4, 0.5) is 5.82 Å². The second kappa shape index (κ2) is 7.91. The zero-order chi connectivity index (χ0) is 14.3. The van der Waals surface area contributed by atoms with Crippen LogP contribution in [0.25, 0.3) is 0 Å². The minimum atomic E-state index is 0.0576. The van der Waals surface area contributed by atoms with Gasteiger partial charge < -0.3 is 15.0 Å². The molecule has 6 nitrogen and oxygen atoms in total. The van der Waals surface area contributed by atoms with Gasteiger partial charge in [-0.15, -0.1) is 0 Å². The van der Waals surface area contributed by atoms with E-state index in [0.29, 0.717) is 43.0 Å². The highest BCUT2D eigenvalue weighted by Gasteiger charge is 2.06. The zero-order valence-corrected chi connectivity index (χ0v) is 12.2. The Bertz CT molecular complexity index is 426. The van der Waals surface area contributed by atoms with Gasteiger partial charge in [-0.05, 0) is 6.92 Å². The van der Waals surface area contributed by atoms with E-state index >= 15 is 0 Å². The number of nitrogens with one attached hydrogen (secondary N) is 1. The topological polar surface area (TPSA) is 67.3 Å². The molecule has 0 atom stereocenters. The number of hydrogen-bond acceptors (Lipinski definition) is 5. The lowest BCUT2D eigenvalue weighted by Gasteiger charge is -2.11. The molecule has 0 saturated heterocycles. The normalized spacial score (nSPS) is 10.3. The number of amides is 1. The third-order valence-electron chi connectivity index (χ3n) is 2.32. The van der Waals surface area contributed by atoms with Crippen molar-refractivity contribution in [3.05, 3.63) is 17.0 Å². The van der Waals surface area contributed by atoms with Gasteiger partial charge in [0.05, 0.1) is 0 Å². The molecular weight excluding hydrogens is 268 g/mol. The number of rotatable bonds is 7. The van der Waals surface area contributed by atoms with E-state index in [2.05, 4.69) is 15.3 Å². The van der Waals surface area contributed by atoms with Crippen LogP contribution in [-0.2, 0) is 16.1 Å². The van der Waals surface area contributed by atoms with E-state index in [4.69, 9.17) is 16.3 Å². The average Bonchev–Trinajstić information content (AvgIpc) is 2.35. The van der Waals surface area contributed by atoms with E-state index in [1.54, 1.807) is 25.1 Å². The maximum atomic E-state index is 11.4. The summed E-state index contributed by atoms with van der Waals surface area (Å²) >= 11 is 5.90. The molecule has 0 fully saturated rings. The standard InChI is InChI=1S/C12H19ClN4O2/c1-4-19-8-11-15-9(13)7-10(16-11)14-6-5-12(18)17(2)3/h7H,4-6,8H2,1-3H3,(H,14,15,16). The van der Waals surface area contributed by atoms with Gasteiger partial charge in [-0.25, -0.2) is 9.97 Å². The van der Waals surface area contributed by atoms with Gasteiger partial charge in [-0.2, -0.15) is 0 Å². The Hall–Kier alpha value is -1.40. The SMILES string of the molecule is CCOCc1nc(Cl)cc(NCCC(=O)N(C)C)n1. The van der Waals surface area contributed by atoms with Gasteiger partial charge in [-0.3, -0.25) is 4.79 Å². The van der Waals surface area contributed by atoms with Gasteiger partial charge in [0.25, 0.3) is 0 Å². The van der Waals surface area contributed by atoms with E-state index < -0.39 is 0 Å². The Morgan fingerprint density at radius 3 is 2.84 bits per heavy atom. The molecule has 1 heterocycles. The van der Waals surface area contributed by atoms with Gasteiger partial charge in [0.15, 0.2) is 5.82 Å². The smallest absolute Gasteiger partial charge is 0.223 e. The number of carbonyl (C=O) groups is 1. The quantitative estimate of drug-likeness (QED) is 0.771. The maximum Gasteiger partial charge on any atom is 0.223 e. The van der Waals surface area contributed by atoms with E-state index in [0.717, 1.165) is 0 Å². The van der Waals surface area contributed by atoms with Crippen molar-refractivity contribution in [2.45, 2.75) is 20.0 Å². The molecular formula is C12H19ClN4O2. The molecule has 0 saturated carbocycles. The molecule has 7 heteroatoms. The number of hydrogen-bond donors (Lipinski definition) is 1. The van der Waals surface area contributed by atoms with Crippen LogP contribution in [-0.4, -0.2) is 48.0 Å². The highest BCUT2D eigenvalue weighted by atomic mass is 35.5. The number of ether oxygens (including phenoxy) is 1. The minimum absolute atomic E-state index is 0.0576. The van der Waals surface area contributed by atoms with E-state index in [9.17, 15) is 4.79 Å². The molecule has 1 N–H and O–H groups in total. The number of carbonyl (C=O) groups excluding carboxylic acids is 1. The lowest BCUT2D eigenvalue weighted by Crippen LogP contribution is -2.24. The molecule has 0 spiro atoms. The van der Waals surface area contributed by atoms with Gasteiger partial charge in [-0.1, -0.05) is 11.6 Å². The van der Waals surface area contributed by atoms with Crippen LogP contribution >= 0.6 is 11.6 Å². The van der Waals surface area contributed by atoms with Crippen molar-refractivity contribution in [1.82, 2.24) is 14.9 Å². The third-order valence-corrected chi connectivity index (χ3v) is 2.51. The predicted octanol–water partition coefficient (Wildman–Crippen LogP) is 1.56. The number of nitrogens with zero attached hydrogens (tertiary/aromatic N) is 3. The monoisotopic (exact) mass is 286 g/mol. The first kappa shape index (κ1) is 15.7. The largest absolute Gasteiger partial charge is 0.374 e. The summed E-state index contributed by atoms with van der Waals surface area (Å²) in [6, 6.07) is 1.62. The first-order valence-corrected chi connectivity index (χ1v) is 6.46. The van der Waals surface area contributed by atoms with Crippen LogP contribution in [0.3, 0.4) is 0 Å². The Morgan fingerprint density at radius 2 is 2.21 bits per heavy atom. The molecule has 1 aromatic rings. The summed E-state index contributed by atoms with van der Waals surface area (Å²) in [5.74, 6) is 1.18. The predicted molar refractivity (Wildman–Crippen MR) is 74.2 cm³/mol. The fourth-order valence-electron chi connectivity index (χ4n) is 1.33. The summed E-state index contributed by atoms with van der Waals surface area (Å²) in [4.78, 5) is 21.3. The molecule has 1 rings (SSSR count). The van der Waals surface area contributed by atoms with Crippen molar-refractivity contribution < 1.29 is 9.53 Å². The summed E-state index contributed by atoms with van der Waals surface area (Å²) in [6.45, 7) is 3.31. The first-order chi connectivity index (χ1) is 9.02. The van der Waals surface area contributed by atoms with Crippen molar-refractivity contribution >= 4 is 23.3 Å².